The van der Waals surface area contributed by atoms with Crippen molar-refractivity contribution in [1.82, 2.24) is 5.06 Å². The van der Waals surface area contributed by atoms with Crippen molar-refractivity contribution in [1.29, 1.82) is 0 Å². The van der Waals surface area contributed by atoms with Gasteiger partial charge in [0.15, 0.2) is 0 Å². The van der Waals surface area contributed by atoms with Gasteiger partial charge < -0.3 is 15.1 Å². The Labute approximate surface area is 88.9 Å². The molecule has 0 saturated carbocycles. The Balaban J connectivity index is 2.79. The number of hydrogen-bond acceptors (Lipinski definition) is 5. The molecule has 1 heterocycles. The molecule has 0 atom stereocenters. The van der Waals surface area contributed by atoms with E-state index in [1.165, 1.54) is 0 Å². The van der Waals surface area contributed by atoms with Crippen LogP contribution < -0.4 is 0 Å². The molecule has 0 N–H and O–H groups in total. The maximum atomic E-state index is 11.9. The predicted octanol–water partition coefficient (Wildman–Crippen LogP) is 1.71. The second kappa shape index (κ2) is 3.61. The summed E-state index contributed by atoms with van der Waals surface area (Å²) in [5.74, 6) is 0. The fraction of sp³-hybridized carbons (Fsp3) is 1.00. The molecule has 1 fully saturated rings. The topological polar surface area (TPSA) is 78.7 Å². The standard InChI is InChI=1S/C9H17N2O4/c1-8(2)5-7(15-11(13)14)6-9(3,4)10(8)12/h7H,5-6H2,1-4H3/q-1. The lowest BCUT2D eigenvalue weighted by Crippen LogP contribution is -2.59. The van der Waals surface area contributed by atoms with E-state index in [4.69, 9.17) is 0 Å². The molecule has 0 aromatic carbocycles. The molecule has 0 radical (unpaired) electrons. The Morgan fingerprint density at radius 3 is 2.00 bits per heavy atom. The van der Waals surface area contributed by atoms with E-state index in [0.29, 0.717) is 12.8 Å². The van der Waals surface area contributed by atoms with Gasteiger partial charge in [0.25, 0.3) is 5.09 Å². The maximum absolute atomic E-state index is 11.9. The third kappa shape index (κ3) is 2.57. The summed E-state index contributed by atoms with van der Waals surface area (Å²) in [6.45, 7) is 7.10. The number of hydrogen-bond donors (Lipinski definition) is 0. The first-order valence-corrected chi connectivity index (χ1v) is 4.94. The van der Waals surface area contributed by atoms with Gasteiger partial charge >= 0.3 is 0 Å². The highest BCUT2D eigenvalue weighted by molar-refractivity contribution is 5.00. The third-order valence-electron chi connectivity index (χ3n) is 2.79. The molecule has 0 aromatic rings. The first-order valence-electron chi connectivity index (χ1n) is 4.94. The third-order valence-corrected chi connectivity index (χ3v) is 2.79. The van der Waals surface area contributed by atoms with Gasteiger partial charge in [0, 0.05) is 11.1 Å². The molecule has 0 bridgehead atoms. The van der Waals surface area contributed by atoms with Crippen LogP contribution in [0, 0.1) is 15.3 Å². The highest BCUT2D eigenvalue weighted by Crippen LogP contribution is 2.38. The van der Waals surface area contributed by atoms with E-state index >= 15 is 0 Å². The summed E-state index contributed by atoms with van der Waals surface area (Å²) in [7, 11) is 0. The van der Waals surface area contributed by atoms with Crippen LogP contribution in [0.4, 0.5) is 0 Å². The molecule has 0 spiro atoms. The molecule has 1 aliphatic heterocycles. The number of hydroxylamine groups is 2. The van der Waals surface area contributed by atoms with Gasteiger partial charge in [-0.25, -0.2) is 0 Å². The SMILES string of the molecule is CC1(C)CC(O[N+](=O)[O-])CC(C)(C)N1[O-]. The van der Waals surface area contributed by atoms with Crippen LogP contribution in [0.5, 0.6) is 0 Å². The fourth-order valence-corrected chi connectivity index (χ4v) is 2.37. The molecule has 0 aliphatic carbocycles. The Morgan fingerprint density at radius 2 is 1.67 bits per heavy atom. The van der Waals surface area contributed by atoms with Crippen molar-refractivity contribution in [2.24, 2.45) is 0 Å². The van der Waals surface area contributed by atoms with Crippen molar-refractivity contribution >= 4 is 0 Å². The zero-order chi connectivity index (χ0) is 11.9. The maximum Gasteiger partial charge on any atom is 0.294 e. The van der Waals surface area contributed by atoms with Crippen molar-refractivity contribution in [2.45, 2.75) is 57.7 Å². The molecule has 1 rings (SSSR count). The molecule has 1 aliphatic rings. The monoisotopic (exact) mass is 217 g/mol. The van der Waals surface area contributed by atoms with Gasteiger partial charge in [0.05, 0.1) is 0 Å². The predicted molar refractivity (Wildman–Crippen MR) is 54.5 cm³/mol. The van der Waals surface area contributed by atoms with E-state index in [-0.39, 0.29) is 0 Å². The summed E-state index contributed by atoms with van der Waals surface area (Å²) in [5.41, 5.74) is -1.25. The number of piperidine rings is 1. The van der Waals surface area contributed by atoms with Crippen LogP contribution in [0.2, 0.25) is 0 Å². The molecule has 0 unspecified atom stereocenters. The normalized spacial score (nSPS) is 26.2. The molecule has 0 amide bonds. The summed E-state index contributed by atoms with van der Waals surface area (Å²) in [6.07, 6.45) is 0.261. The smallest absolute Gasteiger partial charge is 0.294 e. The largest absolute Gasteiger partial charge is 0.784 e. The summed E-state index contributed by atoms with van der Waals surface area (Å²) >= 11 is 0. The summed E-state index contributed by atoms with van der Waals surface area (Å²) in [6, 6.07) is 0. The quantitative estimate of drug-likeness (QED) is 0.519. The minimum Gasteiger partial charge on any atom is -0.784 e. The van der Waals surface area contributed by atoms with E-state index in [2.05, 4.69) is 4.84 Å². The Hall–Kier alpha value is -0.880. The van der Waals surface area contributed by atoms with Crippen LogP contribution in [-0.2, 0) is 4.84 Å². The van der Waals surface area contributed by atoms with Crippen LogP contribution >= 0.6 is 0 Å². The second-order valence-electron chi connectivity index (χ2n) is 5.28. The van der Waals surface area contributed by atoms with Crippen LogP contribution in [0.15, 0.2) is 0 Å². The molecular formula is C9H17N2O4-. The highest BCUT2D eigenvalue weighted by atomic mass is 17.0. The molecule has 88 valence electrons. The van der Waals surface area contributed by atoms with Gasteiger partial charge in [-0.15, -0.1) is 10.1 Å². The Kier molecular flexibility index (Phi) is 2.93. The van der Waals surface area contributed by atoms with Gasteiger partial charge in [0.1, 0.15) is 6.10 Å². The molecule has 0 aromatic heterocycles. The van der Waals surface area contributed by atoms with Crippen LogP contribution in [-0.4, -0.2) is 27.3 Å². The molecule has 6 nitrogen and oxygen atoms in total. The minimum absolute atomic E-state index is 0.376. The summed E-state index contributed by atoms with van der Waals surface area (Å²) < 4.78 is 0. The first kappa shape index (κ1) is 12.2. The van der Waals surface area contributed by atoms with Gasteiger partial charge in [-0.3, -0.25) is 0 Å². The lowest BCUT2D eigenvalue weighted by Gasteiger charge is -2.59. The molecule has 15 heavy (non-hydrogen) atoms. The first-order chi connectivity index (χ1) is 6.65. The highest BCUT2D eigenvalue weighted by Gasteiger charge is 2.41. The van der Waals surface area contributed by atoms with E-state index < -0.39 is 22.3 Å². The van der Waals surface area contributed by atoms with Crippen molar-refractivity contribution in [3.63, 3.8) is 0 Å². The molecule has 1 saturated heterocycles. The Bertz CT molecular complexity index is 247. The minimum atomic E-state index is -0.780. The fourth-order valence-electron chi connectivity index (χ4n) is 2.37. The van der Waals surface area contributed by atoms with Crippen molar-refractivity contribution in [3.8, 4) is 0 Å². The van der Waals surface area contributed by atoms with Crippen molar-refractivity contribution in [3.05, 3.63) is 15.3 Å². The number of rotatable bonds is 2. The second-order valence-corrected chi connectivity index (χ2v) is 5.28. The van der Waals surface area contributed by atoms with Crippen LogP contribution in [0.3, 0.4) is 0 Å². The summed E-state index contributed by atoms with van der Waals surface area (Å²) in [4.78, 5) is 14.8. The zero-order valence-corrected chi connectivity index (χ0v) is 9.52. The Morgan fingerprint density at radius 1 is 1.27 bits per heavy atom. The van der Waals surface area contributed by atoms with Crippen LogP contribution in [0.25, 0.3) is 0 Å². The van der Waals surface area contributed by atoms with E-state index in [1.807, 2.05) is 0 Å². The van der Waals surface area contributed by atoms with Crippen molar-refractivity contribution in [2.75, 3.05) is 0 Å². The lowest BCUT2D eigenvalue weighted by molar-refractivity contribution is -0.770. The van der Waals surface area contributed by atoms with E-state index in [0.717, 1.165) is 5.06 Å². The van der Waals surface area contributed by atoms with Crippen molar-refractivity contribution < 1.29 is 9.92 Å². The number of nitrogens with zero attached hydrogens (tertiary/aromatic N) is 2. The zero-order valence-electron chi connectivity index (χ0n) is 9.52. The summed E-state index contributed by atoms with van der Waals surface area (Å²) in [5, 5.41) is 22.4. The van der Waals surface area contributed by atoms with Crippen LogP contribution in [0.1, 0.15) is 40.5 Å². The van der Waals surface area contributed by atoms with E-state index in [1.54, 1.807) is 27.7 Å². The van der Waals surface area contributed by atoms with Gasteiger partial charge in [-0.05, 0) is 40.5 Å². The van der Waals surface area contributed by atoms with Gasteiger partial charge in [-0.1, -0.05) is 0 Å². The average Bonchev–Trinajstić information content (AvgIpc) is 1.97. The molecular weight excluding hydrogens is 200 g/mol. The van der Waals surface area contributed by atoms with Gasteiger partial charge in [-0.2, -0.15) is 0 Å². The molecule has 6 heteroatoms. The van der Waals surface area contributed by atoms with E-state index in [9.17, 15) is 15.3 Å². The lowest BCUT2D eigenvalue weighted by atomic mass is 9.80. The average molecular weight is 217 g/mol. The van der Waals surface area contributed by atoms with Gasteiger partial charge in [0.2, 0.25) is 0 Å².